The lowest BCUT2D eigenvalue weighted by Gasteiger charge is -2.33. The van der Waals surface area contributed by atoms with Gasteiger partial charge in [0.05, 0.1) is 13.2 Å². The van der Waals surface area contributed by atoms with Crippen LogP contribution >= 0.6 is 0 Å². The van der Waals surface area contributed by atoms with Crippen molar-refractivity contribution in [2.45, 2.75) is 19.1 Å². The van der Waals surface area contributed by atoms with Crippen LogP contribution in [0.3, 0.4) is 0 Å². The third-order valence-corrected chi connectivity index (χ3v) is 2.64. The monoisotopic (exact) mass is 239 g/mol. The Hall–Kier alpha value is -0.860. The standard InChI is InChI=1S/C7H13NO6S/c1-5(14-15(11)12)6-4-8(7(9)10)2-3-13-6/h5-6,15H,2-4H2,1H3,(H,9,10)/t5?,6-/m0/s1. The normalized spacial score (nSPS) is 24.1. The minimum Gasteiger partial charge on any atom is -0.465 e. The Morgan fingerprint density at radius 2 is 2.33 bits per heavy atom. The summed E-state index contributed by atoms with van der Waals surface area (Å²) in [5.41, 5.74) is 0. The summed E-state index contributed by atoms with van der Waals surface area (Å²) >= 11 is 0. The van der Waals surface area contributed by atoms with E-state index < -0.39 is 29.3 Å². The second-order valence-corrected chi connectivity index (χ2v) is 3.83. The van der Waals surface area contributed by atoms with Crippen molar-refractivity contribution in [2.75, 3.05) is 19.7 Å². The van der Waals surface area contributed by atoms with Crippen molar-refractivity contribution in [1.29, 1.82) is 0 Å². The number of carbonyl (C=O) groups is 1. The molecule has 1 aliphatic rings. The van der Waals surface area contributed by atoms with E-state index in [2.05, 4.69) is 4.18 Å². The van der Waals surface area contributed by atoms with Gasteiger partial charge >= 0.3 is 6.09 Å². The molecule has 2 atom stereocenters. The average molecular weight is 239 g/mol. The number of nitrogens with zero attached hydrogens (tertiary/aromatic N) is 1. The van der Waals surface area contributed by atoms with Crippen molar-refractivity contribution < 1.29 is 27.2 Å². The molecule has 1 unspecified atom stereocenters. The first-order valence-corrected chi connectivity index (χ1v) is 5.51. The predicted molar refractivity (Wildman–Crippen MR) is 50.2 cm³/mol. The van der Waals surface area contributed by atoms with Crippen molar-refractivity contribution >= 4 is 17.1 Å². The molecule has 1 amide bonds. The zero-order valence-electron chi connectivity index (χ0n) is 8.16. The van der Waals surface area contributed by atoms with E-state index in [4.69, 9.17) is 9.84 Å². The largest absolute Gasteiger partial charge is 0.465 e. The molecule has 15 heavy (non-hydrogen) atoms. The van der Waals surface area contributed by atoms with E-state index in [1.165, 1.54) is 11.8 Å². The lowest BCUT2D eigenvalue weighted by molar-refractivity contribution is -0.0660. The smallest absolute Gasteiger partial charge is 0.407 e. The van der Waals surface area contributed by atoms with E-state index in [0.717, 1.165) is 0 Å². The molecule has 1 saturated heterocycles. The predicted octanol–water partition coefficient (Wildman–Crippen LogP) is -0.703. The van der Waals surface area contributed by atoms with Gasteiger partial charge in [-0.2, -0.15) is 0 Å². The molecule has 0 radical (unpaired) electrons. The van der Waals surface area contributed by atoms with Crippen LogP contribution in [0, 0.1) is 0 Å². The molecule has 1 fully saturated rings. The van der Waals surface area contributed by atoms with Crippen LogP contribution in [0.25, 0.3) is 0 Å². The number of hydrogen-bond donors (Lipinski definition) is 2. The Morgan fingerprint density at radius 3 is 2.87 bits per heavy atom. The topological polar surface area (TPSA) is 93.1 Å². The summed E-state index contributed by atoms with van der Waals surface area (Å²) in [6, 6.07) is 0. The fourth-order valence-electron chi connectivity index (χ4n) is 1.34. The molecule has 88 valence electrons. The van der Waals surface area contributed by atoms with Gasteiger partial charge in [0.25, 0.3) is 11.0 Å². The van der Waals surface area contributed by atoms with E-state index in [1.54, 1.807) is 0 Å². The highest BCUT2D eigenvalue weighted by Gasteiger charge is 2.28. The van der Waals surface area contributed by atoms with Crippen LogP contribution in [-0.2, 0) is 19.9 Å². The van der Waals surface area contributed by atoms with Gasteiger partial charge in [-0.3, -0.25) is 4.18 Å². The van der Waals surface area contributed by atoms with Crippen LogP contribution < -0.4 is 0 Å². The van der Waals surface area contributed by atoms with Crippen molar-refractivity contribution in [1.82, 2.24) is 4.90 Å². The van der Waals surface area contributed by atoms with Crippen LogP contribution in [0.1, 0.15) is 6.92 Å². The first-order chi connectivity index (χ1) is 7.00. The zero-order chi connectivity index (χ0) is 11.4. The summed E-state index contributed by atoms with van der Waals surface area (Å²) in [4.78, 5) is 11.8. The van der Waals surface area contributed by atoms with Crippen LogP contribution in [0.4, 0.5) is 4.79 Å². The first-order valence-electron chi connectivity index (χ1n) is 4.41. The van der Waals surface area contributed by atoms with Gasteiger partial charge in [-0.15, -0.1) is 0 Å². The minimum atomic E-state index is -2.94. The quantitative estimate of drug-likeness (QED) is 0.632. The number of amides is 1. The summed E-state index contributed by atoms with van der Waals surface area (Å²) in [7, 11) is -2.94. The van der Waals surface area contributed by atoms with Crippen LogP contribution in [0.15, 0.2) is 0 Å². The van der Waals surface area contributed by atoms with E-state index in [1.807, 2.05) is 0 Å². The number of morpholine rings is 1. The molecule has 0 bridgehead atoms. The fourth-order valence-corrected chi connectivity index (χ4v) is 1.74. The van der Waals surface area contributed by atoms with E-state index in [0.29, 0.717) is 6.54 Å². The lowest BCUT2D eigenvalue weighted by atomic mass is 10.2. The number of thiol groups is 1. The average Bonchev–Trinajstić information content (AvgIpc) is 2.17. The van der Waals surface area contributed by atoms with Crippen molar-refractivity contribution in [2.24, 2.45) is 0 Å². The van der Waals surface area contributed by atoms with Gasteiger partial charge in [-0.05, 0) is 6.92 Å². The molecule has 8 heteroatoms. The molecule has 0 saturated carbocycles. The third-order valence-electron chi connectivity index (χ3n) is 2.14. The Balaban J connectivity index is 2.51. The molecule has 1 heterocycles. The van der Waals surface area contributed by atoms with Crippen molar-refractivity contribution in [3.05, 3.63) is 0 Å². The van der Waals surface area contributed by atoms with Gasteiger partial charge in [0.1, 0.15) is 12.2 Å². The van der Waals surface area contributed by atoms with Crippen LogP contribution in [-0.4, -0.2) is 56.4 Å². The minimum absolute atomic E-state index is 0.125. The maximum Gasteiger partial charge on any atom is 0.407 e. The molecule has 0 spiro atoms. The third kappa shape index (κ3) is 3.65. The summed E-state index contributed by atoms with van der Waals surface area (Å²) in [6.07, 6.45) is -2.25. The number of ether oxygens (including phenoxy) is 1. The number of rotatable bonds is 3. The van der Waals surface area contributed by atoms with E-state index in [-0.39, 0.29) is 13.2 Å². The maximum atomic E-state index is 10.7. The highest BCUT2D eigenvalue weighted by atomic mass is 32.2. The molecule has 0 aromatic heterocycles. The Kier molecular flexibility index (Phi) is 4.30. The van der Waals surface area contributed by atoms with Gasteiger partial charge in [0.2, 0.25) is 0 Å². The second-order valence-electron chi connectivity index (χ2n) is 3.17. The molecule has 0 aromatic carbocycles. The van der Waals surface area contributed by atoms with Gasteiger partial charge in [0.15, 0.2) is 0 Å². The first kappa shape index (κ1) is 12.2. The van der Waals surface area contributed by atoms with E-state index >= 15 is 0 Å². The molecule has 0 aliphatic carbocycles. The van der Waals surface area contributed by atoms with Gasteiger partial charge in [-0.1, -0.05) is 0 Å². The molecule has 0 aromatic rings. The highest BCUT2D eigenvalue weighted by Crippen LogP contribution is 2.11. The van der Waals surface area contributed by atoms with E-state index in [9.17, 15) is 13.2 Å². The SMILES string of the molecule is CC(O[SH](=O)=O)[C@@H]1CN(C(=O)O)CCO1. The molecular weight excluding hydrogens is 226 g/mol. The Labute approximate surface area is 88.7 Å². The van der Waals surface area contributed by atoms with Crippen LogP contribution in [0.5, 0.6) is 0 Å². The van der Waals surface area contributed by atoms with Crippen molar-refractivity contribution in [3.8, 4) is 0 Å². The summed E-state index contributed by atoms with van der Waals surface area (Å²) < 4.78 is 30.3. The van der Waals surface area contributed by atoms with Gasteiger partial charge in [-0.25, -0.2) is 13.2 Å². The van der Waals surface area contributed by atoms with Crippen LogP contribution in [0.2, 0.25) is 0 Å². The summed E-state index contributed by atoms with van der Waals surface area (Å²) in [6.45, 7) is 2.20. The lowest BCUT2D eigenvalue weighted by Crippen LogP contribution is -2.49. The number of hydrogen-bond acceptors (Lipinski definition) is 5. The fraction of sp³-hybridized carbons (Fsp3) is 0.857. The Morgan fingerprint density at radius 1 is 1.67 bits per heavy atom. The molecule has 1 N–H and O–H groups in total. The molecule has 1 aliphatic heterocycles. The number of carboxylic acid groups (broad SMARTS) is 1. The van der Waals surface area contributed by atoms with Crippen molar-refractivity contribution in [3.63, 3.8) is 0 Å². The summed E-state index contributed by atoms with van der Waals surface area (Å²) in [5.74, 6) is 0. The highest BCUT2D eigenvalue weighted by molar-refractivity contribution is 7.67. The molecule has 1 rings (SSSR count). The zero-order valence-corrected chi connectivity index (χ0v) is 9.05. The molecule has 7 nitrogen and oxygen atoms in total. The molecular formula is C7H13NO6S. The van der Waals surface area contributed by atoms with Gasteiger partial charge < -0.3 is 14.7 Å². The maximum absolute atomic E-state index is 10.7. The summed E-state index contributed by atoms with van der Waals surface area (Å²) in [5, 5.41) is 8.73. The second kappa shape index (κ2) is 5.29. The van der Waals surface area contributed by atoms with Gasteiger partial charge in [0, 0.05) is 6.54 Å². The Bertz CT molecular complexity index is 296.